The molecule has 3 heteroatoms. The fourth-order valence-electron chi connectivity index (χ4n) is 1.96. The molecule has 0 aliphatic carbocycles. The van der Waals surface area contributed by atoms with E-state index in [-0.39, 0.29) is 0 Å². The molecule has 1 nitrogen and oxygen atoms in total. The van der Waals surface area contributed by atoms with Crippen LogP contribution in [0.3, 0.4) is 0 Å². The van der Waals surface area contributed by atoms with Gasteiger partial charge in [-0.2, -0.15) is 0 Å². The van der Waals surface area contributed by atoms with Gasteiger partial charge in [0.05, 0.1) is 0 Å². The van der Waals surface area contributed by atoms with Crippen molar-refractivity contribution in [1.82, 2.24) is 3.71 Å². The minimum Gasteiger partial charge on any atom is -0.282 e. The minimum atomic E-state index is -1.11. The van der Waals surface area contributed by atoms with Crippen LogP contribution in [-0.4, -0.2) is 16.2 Å². The smallest absolute Gasteiger partial charge is 0.0248 e. The molecule has 0 aliphatic rings. The molecule has 0 amide bonds. The second-order valence-corrected chi connectivity index (χ2v) is 8.93. The van der Waals surface area contributed by atoms with Gasteiger partial charge in [-0.3, -0.25) is 3.71 Å². The Morgan fingerprint density at radius 3 is 2.18 bits per heavy atom. The zero-order chi connectivity index (χ0) is 13.4. The van der Waals surface area contributed by atoms with E-state index in [9.17, 15) is 0 Å². The molecule has 0 heterocycles. The van der Waals surface area contributed by atoms with E-state index in [0.717, 1.165) is 5.70 Å². The third kappa shape index (κ3) is 2.66. The molecule has 0 N–H and O–H groups in total. The second kappa shape index (κ2) is 4.99. The quantitative estimate of drug-likeness (QED) is 0.783. The first kappa shape index (κ1) is 14.5. The van der Waals surface area contributed by atoms with Gasteiger partial charge >= 0.3 is 0 Å². The molecule has 0 spiro atoms. The van der Waals surface area contributed by atoms with Crippen LogP contribution in [-0.2, 0) is 0 Å². The van der Waals surface area contributed by atoms with Gasteiger partial charge < -0.3 is 0 Å². The number of thiol groups is 1. The normalized spacial score (nSPS) is 12.4. The Morgan fingerprint density at radius 2 is 1.71 bits per heavy atom. The van der Waals surface area contributed by atoms with E-state index in [2.05, 4.69) is 64.8 Å². The molecule has 0 unspecified atom stereocenters. The molecule has 0 fully saturated rings. The summed E-state index contributed by atoms with van der Waals surface area (Å²) >= 11 is 4.60. The van der Waals surface area contributed by atoms with Gasteiger partial charge in [0.2, 0.25) is 0 Å². The van der Waals surface area contributed by atoms with Crippen molar-refractivity contribution in [2.75, 3.05) is 12.5 Å². The molecule has 1 aromatic rings. The summed E-state index contributed by atoms with van der Waals surface area (Å²) in [5.74, 6) is 0. The lowest BCUT2D eigenvalue weighted by molar-refractivity contribution is 0.911. The van der Waals surface area contributed by atoms with Gasteiger partial charge in [-0.05, 0) is 63.0 Å². The molecule has 0 bridgehead atoms. The van der Waals surface area contributed by atoms with E-state index in [1.165, 1.54) is 21.6 Å². The summed E-state index contributed by atoms with van der Waals surface area (Å²) in [4.78, 5) is 1.39. The average molecular weight is 269 g/mol. The maximum absolute atomic E-state index is 4.60. The fourth-order valence-corrected chi connectivity index (χ4v) is 4.49. The SMILES string of the molecule is C=C(C)N(S)S(C)(C)c1ccc(C)c(C)c1C. The first-order valence-corrected chi connectivity index (χ1v) is 8.45. The molecule has 0 aliphatic heterocycles. The monoisotopic (exact) mass is 269 g/mol. The Kier molecular flexibility index (Phi) is 4.26. The van der Waals surface area contributed by atoms with Crippen LogP contribution in [0.2, 0.25) is 0 Å². The van der Waals surface area contributed by atoms with Crippen LogP contribution in [0.4, 0.5) is 0 Å². The largest absolute Gasteiger partial charge is 0.282 e. The third-order valence-corrected chi connectivity index (χ3v) is 7.57. The third-order valence-electron chi connectivity index (χ3n) is 3.31. The molecule has 17 heavy (non-hydrogen) atoms. The van der Waals surface area contributed by atoms with Crippen LogP contribution in [0.15, 0.2) is 29.3 Å². The van der Waals surface area contributed by atoms with Gasteiger partial charge in [0, 0.05) is 10.6 Å². The van der Waals surface area contributed by atoms with Crippen molar-refractivity contribution in [3.05, 3.63) is 41.1 Å². The Hall–Kier alpha value is -0.540. The number of aryl methyl sites for hydroxylation is 1. The van der Waals surface area contributed by atoms with Crippen molar-refractivity contribution in [3.8, 4) is 0 Å². The van der Waals surface area contributed by atoms with Crippen LogP contribution in [0.5, 0.6) is 0 Å². The van der Waals surface area contributed by atoms with Crippen molar-refractivity contribution < 1.29 is 0 Å². The fraction of sp³-hybridized carbons (Fsp3) is 0.429. The highest BCUT2D eigenvalue weighted by Gasteiger charge is 2.23. The maximum atomic E-state index is 4.60. The number of benzene rings is 1. The Bertz CT molecular complexity index is 450. The minimum absolute atomic E-state index is 0.992. The van der Waals surface area contributed by atoms with Crippen molar-refractivity contribution in [2.45, 2.75) is 32.6 Å². The van der Waals surface area contributed by atoms with E-state index in [1.807, 2.05) is 10.6 Å². The molecule has 1 aromatic carbocycles. The molecular weight excluding hydrogens is 246 g/mol. The van der Waals surface area contributed by atoms with Crippen LogP contribution in [0.25, 0.3) is 0 Å². The Morgan fingerprint density at radius 1 is 1.18 bits per heavy atom. The van der Waals surface area contributed by atoms with Crippen LogP contribution >= 0.6 is 23.0 Å². The van der Waals surface area contributed by atoms with Crippen molar-refractivity contribution >= 4 is 23.0 Å². The molecule has 96 valence electrons. The molecule has 0 aromatic heterocycles. The molecule has 0 atom stereocenters. The van der Waals surface area contributed by atoms with E-state index in [4.69, 9.17) is 0 Å². The molecule has 1 rings (SSSR count). The summed E-state index contributed by atoms with van der Waals surface area (Å²) in [6, 6.07) is 4.44. The second-order valence-electron chi connectivity index (χ2n) is 4.91. The van der Waals surface area contributed by atoms with Gasteiger partial charge in [0.1, 0.15) is 0 Å². The Balaban J connectivity index is 3.34. The van der Waals surface area contributed by atoms with E-state index < -0.39 is 10.2 Å². The maximum Gasteiger partial charge on any atom is 0.0248 e. The Labute approximate surface area is 113 Å². The lowest BCUT2D eigenvalue weighted by Gasteiger charge is -2.42. The summed E-state index contributed by atoms with van der Waals surface area (Å²) in [5.41, 5.74) is 5.10. The van der Waals surface area contributed by atoms with Crippen molar-refractivity contribution in [2.24, 2.45) is 0 Å². The van der Waals surface area contributed by atoms with Crippen molar-refractivity contribution in [3.63, 3.8) is 0 Å². The summed E-state index contributed by atoms with van der Waals surface area (Å²) in [7, 11) is -1.11. The number of rotatable bonds is 3. The molecule has 0 saturated carbocycles. The lowest BCUT2D eigenvalue weighted by atomic mass is 10.1. The lowest BCUT2D eigenvalue weighted by Crippen LogP contribution is -2.16. The summed E-state index contributed by atoms with van der Waals surface area (Å²) < 4.78 is 2.02. The predicted octanol–water partition coefficient (Wildman–Crippen LogP) is 4.63. The number of allylic oxidation sites excluding steroid dienone is 1. The number of hydrogen-bond acceptors (Lipinski definition) is 2. The van der Waals surface area contributed by atoms with E-state index >= 15 is 0 Å². The van der Waals surface area contributed by atoms with Gasteiger partial charge in [0.15, 0.2) is 0 Å². The zero-order valence-corrected chi connectivity index (χ0v) is 13.4. The van der Waals surface area contributed by atoms with Crippen LogP contribution in [0.1, 0.15) is 23.6 Å². The topological polar surface area (TPSA) is 3.24 Å². The predicted molar refractivity (Wildman–Crippen MR) is 84.0 cm³/mol. The highest BCUT2D eigenvalue weighted by Crippen LogP contribution is 2.56. The summed E-state index contributed by atoms with van der Waals surface area (Å²) in [6.07, 6.45) is 4.51. The van der Waals surface area contributed by atoms with Crippen LogP contribution < -0.4 is 0 Å². The first-order valence-electron chi connectivity index (χ1n) is 5.64. The van der Waals surface area contributed by atoms with Crippen molar-refractivity contribution in [1.29, 1.82) is 0 Å². The standard InChI is InChI=1S/C14H23NS2/c1-10(2)15(16)17(6,7)14-9-8-11(3)12(4)13(14)5/h8-9,16H,1H2,2-7H3. The van der Waals surface area contributed by atoms with Crippen LogP contribution in [0, 0.1) is 20.8 Å². The van der Waals surface area contributed by atoms with Gasteiger partial charge in [-0.1, -0.05) is 25.5 Å². The zero-order valence-electron chi connectivity index (χ0n) is 11.7. The number of nitrogens with zero attached hydrogens (tertiary/aromatic N) is 1. The highest BCUT2D eigenvalue weighted by molar-refractivity contribution is 8.34. The summed E-state index contributed by atoms with van der Waals surface area (Å²) in [5, 5.41) is 0. The number of hydrogen-bond donors (Lipinski definition) is 1. The van der Waals surface area contributed by atoms with Gasteiger partial charge in [-0.25, -0.2) is 0 Å². The average Bonchev–Trinajstić information content (AvgIpc) is 2.24. The van der Waals surface area contributed by atoms with Gasteiger partial charge in [-0.15, -0.1) is 10.2 Å². The highest BCUT2D eigenvalue weighted by atomic mass is 32.3. The molecule has 0 radical (unpaired) electrons. The first-order chi connectivity index (χ1) is 7.69. The molecular formula is C14H23NS2. The van der Waals surface area contributed by atoms with Gasteiger partial charge in [0.25, 0.3) is 0 Å². The van der Waals surface area contributed by atoms with E-state index in [0.29, 0.717) is 0 Å². The molecule has 0 saturated heterocycles. The van der Waals surface area contributed by atoms with E-state index in [1.54, 1.807) is 0 Å². The summed E-state index contributed by atoms with van der Waals surface area (Å²) in [6.45, 7) is 12.5.